The van der Waals surface area contributed by atoms with Gasteiger partial charge in [0.05, 0.1) is 75.1 Å². The van der Waals surface area contributed by atoms with Crippen LogP contribution >= 0.6 is 45.2 Å². The molecule has 20 heteroatoms. The van der Waals surface area contributed by atoms with Crippen molar-refractivity contribution < 1.29 is 65.5 Å². The summed E-state index contributed by atoms with van der Waals surface area (Å²) >= 11 is 3.96. The number of benzene rings is 13. The fourth-order valence-corrected chi connectivity index (χ4v) is 16.4. The van der Waals surface area contributed by atoms with Crippen molar-refractivity contribution in [2.24, 2.45) is 0 Å². The zero-order valence-electron chi connectivity index (χ0n) is 63.4. The largest absolute Gasteiger partial charge is 0.505 e. The first-order valence-electron chi connectivity index (χ1n) is 37.5. The highest BCUT2D eigenvalue weighted by Gasteiger charge is 2.53. The second-order valence-corrected chi connectivity index (χ2v) is 31.7. The van der Waals surface area contributed by atoms with Crippen LogP contribution in [-0.4, -0.2) is 68.7 Å². The second kappa shape index (κ2) is 32.1. The molecular weight excluding hydrogens is 1670 g/mol. The molecule has 2 fully saturated rings. The Morgan fingerprint density at radius 2 is 0.719 bits per heavy atom. The van der Waals surface area contributed by atoms with Gasteiger partial charge in [0.1, 0.15) is 63.5 Å². The van der Waals surface area contributed by atoms with Crippen molar-refractivity contribution in [1.82, 2.24) is 13.7 Å². The molecule has 2 N–H and O–H groups in total. The minimum absolute atomic E-state index is 0.0245. The zero-order valence-corrected chi connectivity index (χ0v) is 67.7. The number of aromatic nitrogens is 3. The molecule has 0 amide bonds. The highest BCUT2D eigenvalue weighted by atomic mass is 127. The van der Waals surface area contributed by atoms with Gasteiger partial charge in [0.15, 0.2) is 6.29 Å². The number of ether oxygens (including phenoxy) is 6. The molecule has 2 saturated heterocycles. The van der Waals surface area contributed by atoms with Crippen LogP contribution in [0.2, 0.25) is 0 Å². The molecule has 574 valence electrons. The van der Waals surface area contributed by atoms with E-state index in [0.29, 0.717) is 58.9 Å². The highest BCUT2D eigenvalue weighted by molar-refractivity contribution is 14.1. The summed E-state index contributed by atoms with van der Waals surface area (Å²) in [6.07, 6.45) is 2.72. The number of hydrogen-bond donors (Lipinski definition) is 2. The van der Waals surface area contributed by atoms with Crippen LogP contribution < -0.4 is 29.1 Å². The maximum absolute atomic E-state index is 15.1. The van der Waals surface area contributed by atoms with Gasteiger partial charge in [0.2, 0.25) is 13.6 Å². The van der Waals surface area contributed by atoms with Gasteiger partial charge >= 0.3 is 7.12 Å². The van der Waals surface area contributed by atoms with E-state index in [1.807, 2.05) is 153 Å². The molecule has 0 saturated carbocycles. The number of aromatic hydroxyl groups is 2. The van der Waals surface area contributed by atoms with Gasteiger partial charge in [0.25, 0.3) is 0 Å². The second-order valence-electron chi connectivity index (χ2n) is 29.4. The summed E-state index contributed by atoms with van der Waals surface area (Å²) in [4.78, 5) is 0. The molecule has 0 aliphatic carbocycles. The number of aryl methyl sites for hydroxylation is 3. The molecule has 18 rings (SSSR count). The average Bonchev–Trinajstić information content (AvgIpc) is 1.59. The van der Waals surface area contributed by atoms with Crippen molar-refractivity contribution in [3.05, 3.63) is 302 Å². The standard InChI is InChI=1S/C51H36F2N2O4.C30H34BNO4.C13H8F2I2O2/c1-30-23-40(50(56)46(25-30)54-42-15-7-3-11-34(42)35-12-4-8-16-43(35)54)38-27-32(52)19-21-48(38)58-29-59-49-22-20-33(53)28-39(49)41-24-31(2)26-47(51(41)57)55-44-17-9-5-13-36(44)37-14-6-10-18-45(37)55;1-20-18-23(31-35-29(2,3)30(4,5)36-31)28(34-27-16-10-11-17-33-27)26(19-20)32-24-14-8-6-12-21(24)22-13-7-9-15-25(22)32;14-8-1-3-12(10(16)5-8)18-7-19-13-4-2-9(15)6-11(13)17/h3-28,56-57H,29H2,1-2H3;6-9,12-15,18-19,27H,10-11,16-17H2,1-5H3;1-6H,7H2. The van der Waals surface area contributed by atoms with Crippen LogP contribution in [0, 0.1) is 51.2 Å². The Hall–Kier alpha value is -11.0. The van der Waals surface area contributed by atoms with Crippen LogP contribution in [0.3, 0.4) is 0 Å². The maximum Gasteiger partial charge on any atom is 0.498 e. The van der Waals surface area contributed by atoms with Crippen molar-refractivity contribution in [3.8, 4) is 79.6 Å². The first-order valence-corrected chi connectivity index (χ1v) is 39.6. The minimum atomic E-state index is -0.541. The summed E-state index contributed by atoms with van der Waals surface area (Å²) in [5.41, 5.74) is 12.2. The summed E-state index contributed by atoms with van der Waals surface area (Å²) in [5.74, 6) is 0.617. The van der Waals surface area contributed by atoms with Gasteiger partial charge in [-0.1, -0.05) is 115 Å². The van der Waals surface area contributed by atoms with Gasteiger partial charge in [-0.05, 0) is 263 Å². The van der Waals surface area contributed by atoms with Gasteiger partial charge < -0.3 is 61.6 Å². The summed E-state index contributed by atoms with van der Waals surface area (Å²) in [7, 11) is -0.541. The molecule has 1 atom stereocenters. The summed E-state index contributed by atoms with van der Waals surface area (Å²) < 4.78 is 113. The predicted octanol–water partition coefficient (Wildman–Crippen LogP) is 23.8. The molecule has 0 radical (unpaired) electrons. The number of nitrogens with zero attached hydrogens (tertiary/aromatic N) is 3. The summed E-state index contributed by atoms with van der Waals surface area (Å²) in [6, 6.07) is 77.5. The molecular formula is C94H78BF4I2N3O10. The van der Waals surface area contributed by atoms with E-state index < -0.39 is 30.0 Å². The fourth-order valence-electron chi connectivity index (χ4n) is 15.1. The normalized spacial score (nSPS) is 14.5. The molecule has 13 nitrogen and oxygen atoms in total. The minimum Gasteiger partial charge on any atom is -0.505 e. The molecule has 0 spiro atoms. The lowest BCUT2D eigenvalue weighted by atomic mass is 9.77. The molecule has 5 heterocycles. The van der Waals surface area contributed by atoms with Gasteiger partial charge in [-0.2, -0.15) is 0 Å². The first-order chi connectivity index (χ1) is 55.1. The van der Waals surface area contributed by atoms with Crippen molar-refractivity contribution in [1.29, 1.82) is 0 Å². The van der Waals surface area contributed by atoms with Gasteiger partial charge in [-0.3, -0.25) is 0 Å². The number of fused-ring (bicyclic) bond motifs is 9. The van der Waals surface area contributed by atoms with Gasteiger partial charge in [-0.25, -0.2) is 17.6 Å². The first kappa shape index (κ1) is 76.9. The Balaban J connectivity index is 0.000000150. The average molecular weight is 1750 g/mol. The van der Waals surface area contributed by atoms with Crippen LogP contribution in [0.25, 0.3) is 105 Å². The van der Waals surface area contributed by atoms with Crippen LogP contribution in [0.1, 0.15) is 63.6 Å². The third kappa shape index (κ3) is 15.2. The van der Waals surface area contributed by atoms with E-state index in [-0.39, 0.29) is 54.5 Å². The number of halogens is 6. The molecule has 3 aromatic heterocycles. The van der Waals surface area contributed by atoms with E-state index in [0.717, 1.165) is 107 Å². The molecule has 0 bridgehead atoms. The van der Waals surface area contributed by atoms with Gasteiger partial charge in [0, 0.05) is 66.5 Å². The van der Waals surface area contributed by atoms with Crippen LogP contribution in [0.4, 0.5) is 17.6 Å². The molecule has 1 unspecified atom stereocenters. The number of hydrogen-bond acceptors (Lipinski definition) is 10. The van der Waals surface area contributed by atoms with Crippen molar-refractivity contribution in [2.75, 3.05) is 20.2 Å². The quantitative estimate of drug-likeness (QED) is 0.0417. The van der Waals surface area contributed by atoms with E-state index in [1.165, 1.54) is 83.6 Å². The van der Waals surface area contributed by atoms with Crippen molar-refractivity contribution in [3.63, 3.8) is 0 Å². The van der Waals surface area contributed by atoms with E-state index >= 15 is 8.78 Å². The van der Waals surface area contributed by atoms with Crippen molar-refractivity contribution in [2.45, 2.75) is 85.2 Å². The molecule has 114 heavy (non-hydrogen) atoms. The number of phenolic OH excluding ortho intramolecular Hbond substituents is 2. The highest BCUT2D eigenvalue weighted by Crippen LogP contribution is 2.48. The number of para-hydroxylation sites is 6. The smallest absolute Gasteiger partial charge is 0.498 e. The number of rotatable bonds is 16. The molecule has 2 aliphatic rings. The summed E-state index contributed by atoms with van der Waals surface area (Å²) in [6.45, 7) is 14.6. The van der Waals surface area contributed by atoms with E-state index in [2.05, 4.69) is 124 Å². The molecule has 16 aromatic rings. The Bertz CT molecular complexity index is 5930. The topological polar surface area (TPSA) is 129 Å². The molecule has 2 aliphatic heterocycles. The molecule has 13 aromatic carbocycles. The Morgan fingerprint density at radius 1 is 0.395 bits per heavy atom. The third-order valence-corrected chi connectivity index (χ3v) is 22.9. The van der Waals surface area contributed by atoms with Crippen LogP contribution in [0.15, 0.2) is 255 Å². The van der Waals surface area contributed by atoms with E-state index in [9.17, 15) is 19.0 Å². The lowest BCUT2D eigenvalue weighted by Crippen LogP contribution is -2.41. The monoisotopic (exact) mass is 1750 g/mol. The lowest BCUT2D eigenvalue weighted by molar-refractivity contribution is -0.105. The van der Waals surface area contributed by atoms with Crippen LogP contribution in [0.5, 0.6) is 40.2 Å². The van der Waals surface area contributed by atoms with Crippen molar-refractivity contribution >= 4 is 123 Å². The van der Waals surface area contributed by atoms with Gasteiger partial charge in [-0.15, -0.1) is 0 Å². The lowest BCUT2D eigenvalue weighted by Gasteiger charge is -2.32. The van der Waals surface area contributed by atoms with E-state index in [1.54, 1.807) is 12.1 Å². The SMILES string of the molecule is Cc1cc(-c2cc(F)ccc2OCOc2ccc(F)cc2-c2cc(C)cc(-n3c4ccccc4c4ccccc43)c2O)c(O)c(-n2c3ccccc3c3ccccc32)c1.Cc1cc(B2OC(C)(C)C(C)(C)O2)c(OC2CCCCO2)c(-n2c3ccccc3c3ccccc32)c1.Fc1ccc(OCOc2ccc(F)cc2I)c(I)c1. The number of phenols is 2. The van der Waals surface area contributed by atoms with E-state index in [4.69, 9.17) is 37.7 Å². The zero-order chi connectivity index (χ0) is 79.3. The third-order valence-electron chi connectivity index (χ3n) is 21.2. The fraction of sp³-hybridized carbons (Fsp3) is 0.170. The summed E-state index contributed by atoms with van der Waals surface area (Å²) in [5, 5.41) is 30.7. The maximum atomic E-state index is 15.1. The Kier molecular flexibility index (Phi) is 21.7. The van der Waals surface area contributed by atoms with Crippen LogP contribution in [-0.2, 0) is 14.0 Å². The Labute approximate surface area is 684 Å². The Morgan fingerprint density at radius 3 is 1.08 bits per heavy atom. The predicted molar refractivity (Wildman–Crippen MR) is 461 cm³/mol.